The third kappa shape index (κ3) is 2.48. The molecule has 1 heterocycles. The monoisotopic (exact) mass is 170 g/mol. The minimum absolute atomic E-state index is 0.0814. The molecule has 0 spiro atoms. The van der Waals surface area contributed by atoms with Crippen LogP contribution >= 0.6 is 0 Å². The standard InChI is InChI=1S/C9H18N2O/c1-3-11-6-4-5-9(11)7-10-8(2)12/h9H,3-7H2,1-2H3,(H,10,12)/t9-/m0/s1. The summed E-state index contributed by atoms with van der Waals surface area (Å²) in [7, 11) is 0. The fourth-order valence-corrected chi connectivity index (χ4v) is 1.80. The minimum Gasteiger partial charge on any atom is -0.355 e. The van der Waals surface area contributed by atoms with E-state index in [4.69, 9.17) is 0 Å². The van der Waals surface area contributed by atoms with E-state index in [1.165, 1.54) is 19.4 Å². The van der Waals surface area contributed by atoms with E-state index in [9.17, 15) is 4.79 Å². The van der Waals surface area contributed by atoms with Crippen LogP contribution in [0.4, 0.5) is 0 Å². The zero-order valence-corrected chi connectivity index (χ0v) is 7.97. The zero-order valence-electron chi connectivity index (χ0n) is 7.97. The van der Waals surface area contributed by atoms with Gasteiger partial charge in [0.2, 0.25) is 5.91 Å². The number of hydrogen-bond donors (Lipinski definition) is 1. The van der Waals surface area contributed by atoms with Crippen LogP contribution in [0.2, 0.25) is 0 Å². The first-order chi connectivity index (χ1) is 5.74. The summed E-state index contributed by atoms with van der Waals surface area (Å²) in [5, 5.41) is 2.87. The topological polar surface area (TPSA) is 32.3 Å². The molecular formula is C9H18N2O. The smallest absolute Gasteiger partial charge is 0.216 e. The molecule has 3 heteroatoms. The van der Waals surface area contributed by atoms with E-state index in [2.05, 4.69) is 17.1 Å². The molecule has 0 radical (unpaired) electrons. The molecule has 0 aliphatic carbocycles. The van der Waals surface area contributed by atoms with Gasteiger partial charge in [0.05, 0.1) is 0 Å². The van der Waals surface area contributed by atoms with E-state index in [-0.39, 0.29) is 5.91 Å². The molecule has 0 aromatic rings. The van der Waals surface area contributed by atoms with Gasteiger partial charge in [0.15, 0.2) is 0 Å². The van der Waals surface area contributed by atoms with E-state index < -0.39 is 0 Å². The maximum atomic E-state index is 10.7. The number of rotatable bonds is 3. The Labute approximate surface area is 74.1 Å². The molecule has 1 rings (SSSR count). The van der Waals surface area contributed by atoms with Crippen LogP contribution in [0.1, 0.15) is 26.7 Å². The lowest BCUT2D eigenvalue weighted by Crippen LogP contribution is -2.39. The molecule has 1 aliphatic rings. The average molecular weight is 170 g/mol. The Morgan fingerprint density at radius 3 is 3.00 bits per heavy atom. The van der Waals surface area contributed by atoms with Crippen LogP contribution in [-0.2, 0) is 4.79 Å². The van der Waals surface area contributed by atoms with Gasteiger partial charge in [0, 0.05) is 19.5 Å². The van der Waals surface area contributed by atoms with Crippen LogP contribution in [0.3, 0.4) is 0 Å². The SMILES string of the molecule is CCN1CCC[C@H]1CNC(C)=O. The molecule has 1 saturated heterocycles. The lowest BCUT2D eigenvalue weighted by molar-refractivity contribution is -0.119. The van der Waals surface area contributed by atoms with Crippen molar-refractivity contribution in [2.24, 2.45) is 0 Å². The second kappa shape index (κ2) is 4.45. The van der Waals surface area contributed by atoms with Crippen molar-refractivity contribution < 1.29 is 4.79 Å². The Morgan fingerprint density at radius 1 is 1.67 bits per heavy atom. The predicted molar refractivity (Wildman–Crippen MR) is 49.0 cm³/mol. The summed E-state index contributed by atoms with van der Waals surface area (Å²) in [6.45, 7) is 6.87. The number of carbonyl (C=O) groups is 1. The number of likely N-dealkylation sites (tertiary alicyclic amines) is 1. The Hall–Kier alpha value is -0.570. The van der Waals surface area contributed by atoms with Crippen LogP contribution in [0.25, 0.3) is 0 Å². The first-order valence-corrected chi connectivity index (χ1v) is 4.72. The lowest BCUT2D eigenvalue weighted by Gasteiger charge is -2.22. The number of hydrogen-bond acceptors (Lipinski definition) is 2. The van der Waals surface area contributed by atoms with Gasteiger partial charge in [-0.15, -0.1) is 0 Å². The second-order valence-corrected chi connectivity index (χ2v) is 3.36. The molecular weight excluding hydrogens is 152 g/mol. The van der Waals surface area contributed by atoms with Crippen LogP contribution in [0.15, 0.2) is 0 Å². The van der Waals surface area contributed by atoms with Crippen molar-refractivity contribution in [2.75, 3.05) is 19.6 Å². The Bertz CT molecular complexity index is 159. The maximum absolute atomic E-state index is 10.7. The summed E-state index contributed by atoms with van der Waals surface area (Å²) < 4.78 is 0. The first-order valence-electron chi connectivity index (χ1n) is 4.72. The number of nitrogens with one attached hydrogen (secondary N) is 1. The first kappa shape index (κ1) is 9.52. The molecule has 0 aromatic heterocycles. The van der Waals surface area contributed by atoms with E-state index in [0.717, 1.165) is 13.1 Å². The van der Waals surface area contributed by atoms with E-state index >= 15 is 0 Å². The van der Waals surface area contributed by atoms with Crippen molar-refractivity contribution >= 4 is 5.91 Å². The summed E-state index contributed by atoms with van der Waals surface area (Å²) in [6, 6.07) is 0.582. The van der Waals surface area contributed by atoms with Crippen LogP contribution in [-0.4, -0.2) is 36.5 Å². The highest BCUT2D eigenvalue weighted by atomic mass is 16.1. The summed E-state index contributed by atoms with van der Waals surface area (Å²) in [5.41, 5.74) is 0. The molecule has 1 atom stereocenters. The molecule has 70 valence electrons. The molecule has 0 bridgehead atoms. The molecule has 3 nitrogen and oxygen atoms in total. The highest BCUT2D eigenvalue weighted by Crippen LogP contribution is 2.15. The van der Waals surface area contributed by atoms with Gasteiger partial charge in [-0.05, 0) is 25.9 Å². The summed E-state index contributed by atoms with van der Waals surface area (Å²) >= 11 is 0. The van der Waals surface area contributed by atoms with Crippen LogP contribution in [0.5, 0.6) is 0 Å². The highest BCUT2D eigenvalue weighted by molar-refractivity contribution is 5.72. The summed E-state index contributed by atoms with van der Waals surface area (Å²) in [4.78, 5) is 13.1. The van der Waals surface area contributed by atoms with Crippen molar-refractivity contribution in [1.29, 1.82) is 0 Å². The third-order valence-electron chi connectivity index (χ3n) is 2.49. The summed E-state index contributed by atoms with van der Waals surface area (Å²) in [5.74, 6) is 0.0814. The van der Waals surface area contributed by atoms with Crippen molar-refractivity contribution in [1.82, 2.24) is 10.2 Å². The van der Waals surface area contributed by atoms with Gasteiger partial charge in [-0.2, -0.15) is 0 Å². The Balaban J connectivity index is 2.26. The predicted octanol–water partition coefficient (Wildman–Crippen LogP) is 0.607. The zero-order chi connectivity index (χ0) is 8.97. The van der Waals surface area contributed by atoms with E-state index in [1.807, 2.05) is 0 Å². The number of amides is 1. The second-order valence-electron chi connectivity index (χ2n) is 3.36. The van der Waals surface area contributed by atoms with Gasteiger partial charge in [-0.3, -0.25) is 9.69 Å². The van der Waals surface area contributed by atoms with Gasteiger partial charge in [-0.1, -0.05) is 6.92 Å². The largest absolute Gasteiger partial charge is 0.355 e. The fourth-order valence-electron chi connectivity index (χ4n) is 1.80. The van der Waals surface area contributed by atoms with Crippen LogP contribution < -0.4 is 5.32 Å². The van der Waals surface area contributed by atoms with Gasteiger partial charge >= 0.3 is 0 Å². The molecule has 0 unspecified atom stereocenters. The van der Waals surface area contributed by atoms with Gasteiger partial charge < -0.3 is 5.32 Å². The summed E-state index contributed by atoms with van der Waals surface area (Å²) in [6.07, 6.45) is 2.51. The third-order valence-corrected chi connectivity index (χ3v) is 2.49. The number of carbonyl (C=O) groups excluding carboxylic acids is 1. The van der Waals surface area contributed by atoms with Crippen LogP contribution in [0, 0.1) is 0 Å². The van der Waals surface area contributed by atoms with Crippen molar-refractivity contribution in [2.45, 2.75) is 32.7 Å². The molecule has 1 aliphatic heterocycles. The quantitative estimate of drug-likeness (QED) is 0.673. The number of nitrogens with zero attached hydrogens (tertiary/aromatic N) is 1. The van der Waals surface area contributed by atoms with Crippen molar-refractivity contribution in [3.63, 3.8) is 0 Å². The molecule has 0 saturated carbocycles. The Kier molecular flexibility index (Phi) is 3.53. The van der Waals surface area contributed by atoms with Crippen molar-refractivity contribution in [3.8, 4) is 0 Å². The number of likely N-dealkylation sites (N-methyl/N-ethyl adjacent to an activating group) is 1. The Morgan fingerprint density at radius 2 is 2.42 bits per heavy atom. The van der Waals surface area contributed by atoms with E-state index in [0.29, 0.717) is 6.04 Å². The lowest BCUT2D eigenvalue weighted by atomic mass is 10.2. The molecule has 1 amide bonds. The molecule has 1 fully saturated rings. The minimum atomic E-state index is 0.0814. The molecule has 1 N–H and O–H groups in total. The molecule has 12 heavy (non-hydrogen) atoms. The van der Waals surface area contributed by atoms with Gasteiger partial charge in [-0.25, -0.2) is 0 Å². The maximum Gasteiger partial charge on any atom is 0.216 e. The molecule has 0 aromatic carbocycles. The average Bonchev–Trinajstić information content (AvgIpc) is 2.47. The highest BCUT2D eigenvalue weighted by Gasteiger charge is 2.22. The van der Waals surface area contributed by atoms with Gasteiger partial charge in [0.25, 0.3) is 0 Å². The van der Waals surface area contributed by atoms with Crippen molar-refractivity contribution in [3.05, 3.63) is 0 Å². The van der Waals surface area contributed by atoms with Gasteiger partial charge in [0.1, 0.15) is 0 Å². The van der Waals surface area contributed by atoms with E-state index in [1.54, 1.807) is 6.92 Å². The normalized spacial score (nSPS) is 24.3. The fraction of sp³-hybridized carbons (Fsp3) is 0.889.